The van der Waals surface area contributed by atoms with Gasteiger partial charge < -0.3 is 20.1 Å². The molecule has 0 fully saturated rings. The van der Waals surface area contributed by atoms with Crippen molar-refractivity contribution < 1.29 is 19.4 Å². The number of aliphatic hydroxyl groups excluding tert-OH is 1. The number of Topliss-reactive ketones (excluding diaryl/α,β-unsaturated/α-hetero) is 1. The molecule has 0 aliphatic heterocycles. The molecule has 1 heterocycles. The average Bonchev–Trinajstić information content (AvgIpc) is 2.92. The van der Waals surface area contributed by atoms with E-state index in [0.717, 1.165) is 11.1 Å². The number of ether oxygens (including phenoxy) is 1. The second-order valence-corrected chi connectivity index (χ2v) is 7.26. The lowest BCUT2D eigenvalue weighted by Gasteiger charge is -2.11. The minimum Gasteiger partial charge on any atom is -0.509 e. The quantitative estimate of drug-likeness (QED) is 0.262. The number of aliphatic hydroxyl groups is 1. The first-order valence-electron chi connectivity index (χ1n) is 8.94. The summed E-state index contributed by atoms with van der Waals surface area (Å²) >= 11 is 3.40. The summed E-state index contributed by atoms with van der Waals surface area (Å²) in [6.45, 7) is 14.7. The fraction of sp³-hybridized carbons (Fsp3) is 0.273. The van der Waals surface area contributed by atoms with Crippen molar-refractivity contribution in [3.05, 3.63) is 64.5 Å². The fourth-order valence-corrected chi connectivity index (χ4v) is 3.20. The molecule has 3 N–H and O–H groups in total. The van der Waals surface area contributed by atoms with Crippen LogP contribution >= 0.6 is 15.9 Å². The number of halogens is 1. The molecule has 156 valence electrons. The number of ketones is 1. The number of benzene rings is 1. The average molecular weight is 463 g/mol. The molecular weight excluding hydrogens is 436 g/mol. The van der Waals surface area contributed by atoms with Crippen LogP contribution in [0.5, 0.6) is 5.75 Å². The Hall–Kier alpha value is -2.80. The fourth-order valence-electron chi connectivity index (χ4n) is 2.75. The Kier molecular flexibility index (Phi) is 8.91. The summed E-state index contributed by atoms with van der Waals surface area (Å²) < 4.78 is 8.18. The van der Waals surface area contributed by atoms with E-state index >= 15 is 0 Å². The van der Waals surface area contributed by atoms with Crippen LogP contribution in [0.3, 0.4) is 0 Å². The van der Waals surface area contributed by atoms with Gasteiger partial charge in [-0.2, -0.15) is 0 Å². The third-order valence-corrected chi connectivity index (χ3v) is 4.75. The van der Waals surface area contributed by atoms with Crippen molar-refractivity contribution in [2.24, 2.45) is 5.73 Å². The number of nitrogens with two attached hydrogens (primary N) is 1. The van der Waals surface area contributed by atoms with E-state index in [0.29, 0.717) is 27.8 Å². The highest BCUT2D eigenvalue weighted by molar-refractivity contribution is 9.10. The molecule has 29 heavy (non-hydrogen) atoms. The number of hydrogen-bond acceptors (Lipinski definition) is 4. The van der Waals surface area contributed by atoms with E-state index in [-0.39, 0.29) is 17.9 Å². The van der Waals surface area contributed by atoms with Gasteiger partial charge in [-0.3, -0.25) is 9.59 Å². The molecule has 0 unspecified atom stereocenters. The third kappa shape index (κ3) is 5.60. The van der Waals surface area contributed by atoms with Crippen molar-refractivity contribution in [1.29, 1.82) is 0 Å². The Bertz CT molecular complexity index is 987. The largest absolute Gasteiger partial charge is 0.509 e. The predicted molar refractivity (Wildman–Crippen MR) is 120 cm³/mol. The minimum atomic E-state index is -1.03. The lowest BCUT2D eigenvalue weighted by molar-refractivity contribution is -0.114. The van der Waals surface area contributed by atoms with Crippen LogP contribution in [0.1, 0.15) is 36.8 Å². The van der Waals surface area contributed by atoms with Crippen molar-refractivity contribution >= 4 is 38.5 Å². The van der Waals surface area contributed by atoms with Gasteiger partial charge in [0.15, 0.2) is 0 Å². The summed E-state index contributed by atoms with van der Waals surface area (Å²) in [5.41, 5.74) is 7.91. The first-order valence-corrected chi connectivity index (χ1v) is 9.73. The first kappa shape index (κ1) is 24.2. The molecule has 0 saturated heterocycles. The van der Waals surface area contributed by atoms with Gasteiger partial charge in [-0.25, -0.2) is 0 Å². The van der Waals surface area contributed by atoms with E-state index < -0.39 is 11.7 Å². The number of fused-ring (bicyclic) bond motifs is 1. The zero-order valence-corrected chi connectivity index (χ0v) is 18.8. The number of hydrogen-bond donors (Lipinski definition) is 2. The zero-order chi connectivity index (χ0) is 22.3. The van der Waals surface area contributed by atoms with Gasteiger partial charge in [-0.15, -0.1) is 6.58 Å². The molecule has 0 aliphatic rings. The van der Waals surface area contributed by atoms with Crippen molar-refractivity contribution in [3.63, 3.8) is 0 Å². The molecule has 0 radical (unpaired) electrons. The lowest BCUT2D eigenvalue weighted by Crippen LogP contribution is -2.24. The van der Waals surface area contributed by atoms with Crippen LogP contribution < -0.4 is 10.5 Å². The molecule has 0 bridgehead atoms. The second kappa shape index (κ2) is 10.7. The van der Waals surface area contributed by atoms with Crippen LogP contribution in [0.15, 0.2) is 53.2 Å². The van der Waals surface area contributed by atoms with Gasteiger partial charge in [0.2, 0.25) is 0 Å². The number of primary amides is 1. The summed E-state index contributed by atoms with van der Waals surface area (Å²) in [6, 6.07) is 3.63. The molecule has 6 nitrogen and oxygen atoms in total. The molecule has 0 spiro atoms. The van der Waals surface area contributed by atoms with Gasteiger partial charge >= 0.3 is 0 Å². The van der Waals surface area contributed by atoms with Crippen molar-refractivity contribution in [2.45, 2.75) is 34.2 Å². The number of nitrogens with zero attached hydrogens (tertiary/aromatic N) is 1. The Morgan fingerprint density at radius 2 is 1.93 bits per heavy atom. The number of allylic oxidation sites excluding steroid dienone is 3. The summed E-state index contributed by atoms with van der Waals surface area (Å²) in [5.74, 6) is -1.62. The normalized spacial score (nSPS) is 10.9. The van der Waals surface area contributed by atoms with Crippen molar-refractivity contribution in [3.8, 4) is 5.75 Å². The van der Waals surface area contributed by atoms with Crippen LogP contribution in [-0.2, 0) is 11.3 Å². The Balaban J connectivity index is 0.00000132. The zero-order valence-electron chi connectivity index (χ0n) is 17.2. The van der Waals surface area contributed by atoms with Crippen molar-refractivity contribution in [2.75, 3.05) is 6.61 Å². The summed E-state index contributed by atoms with van der Waals surface area (Å²) in [7, 11) is 0. The van der Waals surface area contributed by atoms with Crippen LogP contribution in [-0.4, -0.2) is 28.0 Å². The molecule has 1 amide bonds. The highest BCUT2D eigenvalue weighted by Crippen LogP contribution is 2.39. The molecule has 0 saturated carbocycles. The van der Waals surface area contributed by atoms with Gasteiger partial charge in [0.25, 0.3) is 11.7 Å². The van der Waals surface area contributed by atoms with Gasteiger partial charge in [0.1, 0.15) is 18.1 Å². The van der Waals surface area contributed by atoms with Gasteiger partial charge in [0.05, 0.1) is 20.9 Å². The van der Waals surface area contributed by atoms with E-state index in [1.165, 1.54) is 0 Å². The van der Waals surface area contributed by atoms with Crippen molar-refractivity contribution in [1.82, 2.24) is 4.57 Å². The highest BCUT2D eigenvalue weighted by atomic mass is 79.9. The molecular formula is C22H27BrN2O4. The van der Waals surface area contributed by atoms with E-state index in [2.05, 4.69) is 29.1 Å². The molecule has 0 atom stereocenters. The maximum absolute atomic E-state index is 12.5. The number of carbonyl (C=O) groups excluding carboxylic acids is 2. The van der Waals surface area contributed by atoms with Gasteiger partial charge in [-0.05, 0) is 55.8 Å². The molecule has 1 aromatic carbocycles. The molecule has 2 aromatic rings. The molecule has 2 rings (SSSR count). The maximum Gasteiger partial charge on any atom is 0.289 e. The minimum absolute atomic E-state index is 0.139. The number of aromatic nitrogens is 1. The molecule has 7 heteroatoms. The van der Waals surface area contributed by atoms with E-state index in [1.54, 1.807) is 19.1 Å². The summed E-state index contributed by atoms with van der Waals surface area (Å²) in [6.07, 6.45) is 3.73. The highest BCUT2D eigenvalue weighted by Gasteiger charge is 2.27. The Labute approximate surface area is 179 Å². The van der Waals surface area contributed by atoms with E-state index in [9.17, 15) is 14.7 Å². The smallest absolute Gasteiger partial charge is 0.289 e. The van der Waals surface area contributed by atoms with Crippen LogP contribution in [0.4, 0.5) is 0 Å². The Morgan fingerprint density at radius 1 is 1.34 bits per heavy atom. The standard InChI is InChI=1S/C19H21BrN2O4.C3H6/c1-5-10(2)8-22-12(4)15(17(24)19(21)25)16-14(22)7-6-13(20)18(16)26-9-11(3)23;1-3-2/h5-7,23H,3,8-9H2,1-2,4H3,(H2,21,25);3H,1H2,2H3/b10-5+;. The van der Waals surface area contributed by atoms with E-state index in [1.807, 2.05) is 37.5 Å². The molecule has 0 aliphatic carbocycles. The third-order valence-electron chi connectivity index (χ3n) is 4.13. The Morgan fingerprint density at radius 3 is 2.41 bits per heavy atom. The number of amides is 1. The first-order chi connectivity index (χ1) is 13.6. The van der Waals surface area contributed by atoms with Crippen LogP contribution in [0.25, 0.3) is 10.9 Å². The van der Waals surface area contributed by atoms with Crippen LogP contribution in [0.2, 0.25) is 0 Å². The van der Waals surface area contributed by atoms with Gasteiger partial charge in [0, 0.05) is 12.2 Å². The SMILES string of the molecule is C=C(O)COc1c(Br)ccc2c1c(C(=O)C(N)=O)c(C)n2C/C(C)=C/C.C=CC. The number of rotatable bonds is 7. The maximum atomic E-state index is 12.5. The second-order valence-electron chi connectivity index (χ2n) is 6.41. The topological polar surface area (TPSA) is 94.6 Å². The van der Waals surface area contributed by atoms with Gasteiger partial charge in [-0.1, -0.05) is 24.3 Å². The van der Waals surface area contributed by atoms with E-state index in [4.69, 9.17) is 10.5 Å². The summed E-state index contributed by atoms with van der Waals surface area (Å²) in [4.78, 5) is 24.1. The lowest BCUT2D eigenvalue weighted by atomic mass is 10.1. The predicted octanol–water partition coefficient (Wildman–Crippen LogP) is 4.99. The monoisotopic (exact) mass is 462 g/mol. The molecule has 1 aromatic heterocycles. The summed E-state index contributed by atoms with van der Waals surface area (Å²) in [5, 5.41) is 9.84. The number of carbonyl (C=O) groups is 2. The van der Waals surface area contributed by atoms with Crippen LogP contribution in [0, 0.1) is 6.92 Å².